The number of aryl methyl sites for hydroxylation is 1. The summed E-state index contributed by atoms with van der Waals surface area (Å²) < 4.78 is 0. The Labute approximate surface area is 144 Å². The maximum atomic E-state index is 12.7. The molecule has 1 aliphatic carbocycles. The number of H-pyrrole nitrogens is 1. The number of nitrogens with zero attached hydrogens (tertiary/aromatic N) is 2. The van der Waals surface area contributed by atoms with Gasteiger partial charge in [-0.15, -0.1) is 0 Å². The van der Waals surface area contributed by atoms with Crippen LogP contribution in [0.2, 0.25) is 0 Å². The molecule has 24 heavy (non-hydrogen) atoms. The number of amides is 1. The van der Waals surface area contributed by atoms with Gasteiger partial charge in [0.05, 0.1) is 0 Å². The van der Waals surface area contributed by atoms with Gasteiger partial charge in [0.1, 0.15) is 0 Å². The van der Waals surface area contributed by atoms with Crippen molar-refractivity contribution in [3.8, 4) is 0 Å². The second kappa shape index (κ2) is 7.26. The Morgan fingerprint density at radius 3 is 2.92 bits per heavy atom. The Hall–Kier alpha value is -1.36. The number of hydrogen-bond donors (Lipinski definition) is 2. The smallest absolute Gasteiger partial charge is 0.272 e. The van der Waals surface area contributed by atoms with Gasteiger partial charge in [0.15, 0.2) is 5.69 Å². The van der Waals surface area contributed by atoms with E-state index < -0.39 is 0 Å². The summed E-state index contributed by atoms with van der Waals surface area (Å²) in [5.74, 6) is 0.642. The van der Waals surface area contributed by atoms with Crippen molar-refractivity contribution in [1.82, 2.24) is 20.4 Å². The number of aromatic nitrogens is 2. The molecule has 0 spiro atoms. The number of fused-ring (bicyclic) bond motifs is 2. The van der Waals surface area contributed by atoms with Crippen molar-refractivity contribution in [3.05, 3.63) is 17.0 Å². The van der Waals surface area contributed by atoms with E-state index in [-0.39, 0.29) is 5.91 Å². The Kier molecular flexibility index (Phi) is 4.88. The second-order valence-electron chi connectivity index (χ2n) is 7.80. The molecule has 3 aliphatic rings. The molecule has 0 aromatic carbocycles. The van der Waals surface area contributed by atoms with E-state index in [2.05, 4.69) is 20.4 Å². The van der Waals surface area contributed by atoms with Crippen molar-refractivity contribution in [2.24, 2.45) is 5.92 Å². The predicted molar refractivity (Wildman–Crippen MR) is 94.1 cm³/mol. The lowest BCUT2D eigenvalue weighted by Gasteiger charge is -2.44. The lowest BCUT2D eigenvalue weighted by molar-refractivity contribution is 0.0575. The van der Waals surface area contributed by atoms with Gasteiger partial charge in [-0.1, -0.05) is 12.8 Å². The van der Waals surface area contributed by atoms with Crippen molar-refractivity contribution in [2.45, 2.75) is 70.3 Å². The molecule has 2 atom stereocenters. The van der Waals surface area contributed by atoms with Crippen LogP contribution in [0.1, 0.15) is 73.1 Å². The van der Waals surface area contributed by atoms with Crippen LogP contribution in [0.4, 0.5) is 0 Å². The molecule has 1 aromatic heterocycles. The number of carbonyl (C=O) groups excluding carboxylic acids is 1. The highest BCUT2D eigenvalue weighted by atomic mass is 16.1. The number of rotatable bonds is 3. The monoisotopic (exact) mass is 330 g/mol. The third-order valence-corrected chi connectivity index (χ3v) is 6.27. The SMILES string of the molecule is O=C(NC[C@H]1CCCN2CCCC[C@@H]12)c1n[nH]c2c1CCCCC2. The zero-order chi connectivity index (χ0) is 16.4. The van der Waals surface area contributed by atoms with Gasteiger partial charge in [-0.2, -0.15) is 5.10 Å². The molecular formula is C19H30N4O. The summed E-state index contributed by atoms with van der Waals surface area (Å²) in [6, 6.07) is 0.684. The first-order valence-corrected chi connectivity index (χ1v) is 9.91. The van der Waals surface area contributed by atoms with E-state index in [4.69, 9.17) is 0 Å². The highest BCUT2D eigenvalue weighted by Crippen LogP contribution is 2.30. The fraction of sp³-hybridized carbons (Fsp3) is 0.789. The molecule has 1 aromatic rings. The van der Waals surface area contributed by atoms with Gasteiger partial charge >= 0.3 is 0 Å². The summed E-state index contributed by atoms with van der Waals surface area (Å²) in [4.78, 5) is 15.3. The first-order valence-electron chi connectivity index (χ1n) is 9.91. The largest absolute Gasteiger partial charge is 0.350 e. The fourth-order valence-corrected chi connectivity index (χ4v) is 4.97. The molecule has 2 aliphatic heterocycles. The number of hydrogen-bond acceptors (Lipinski definition) is 3. The molecule has 0 bridgehead atoms. The molecule has 0 unspecified atom stereocenters. The van der Waals surface area contributed by atoms with Crippen LogP contribution in [0.5, 0.6) is 0 Å². The number of nitrogens with one attached hydrogen (secondary N) is 2. The van der Waals surface area contributed by atoms with Crippen LogP contribution in [0.25, 0.3) is 0 Å². The fourth-order valence-electron chi connectivity index (χ4n) is 4.97. The Morgan fingerprint density at radius 2 is 1.96 bits per heavy atom. The Balaban J connectivity index is 1.39. The summed E-state index contributed by atoms with van der Waals surface area (Å²) in [7, 11) is 0. The van der Waals surface area contributed by atoms with E-state index in [1.54, 1.807) is 0 Å². The Morgan fingerprint density at radius 1 is 1.08 bits per heavy atom. The van der Waals surface area contributed by atoms with E-state index in [1.807, 2.05) is 0 Å². The maximum Gasteiger partial charge on any atom is 0.272 e. The van der Waals surface area contributed by atoms with Gasteiger partial charge in [0.25, 0.3) is 5.91 Å². The second-order valence-corrected chi connectivity index (χ2v) is 7.80. The van der Waals surface area contributed by atoms with Crippen LogP contribution in [0.3, 0.4) is 0 Å². The molecule has 5 heteroatoms. The minimum absolute atomic E-state index is 0.0299. The molecule has 2 saturated heterocycles. The van der Waals surface area contributed by atoms with Crippen LogP contribution in [0, 0.1) is 5.92 Å². The topological polar surface area (TPSA) is 61.0 Å². The molecular weight excluding hydrogens is 300 g/mol. The lowest BCUT2D eigenvalue weighted by Crippen LogP contribution is -2.51. The van der Waals surface area contributed by atoms with E-state index in [0.717, 1.165) is 19.4 Å². The first-order chi connectivity index (χ1) is 11.8. The summed E-state index contributed by atoms with van der Waals surface area (Å²) in [6.45, 7) is 3.31. The molecule has 2 N–H and O–H groups in total. The van der Waals surface area contributed by atoms with Gasteiger partial charge in [-0.3, -0.25) is 9.89 Å². The van der Waals surface area contributed by atoms with E-state index in [9.17, 15) is 4.79 Å². The standard InChI is InChI=1S/C19H30N4O/c24-19(18-15-8-2-1-3-9-16(15)21-22-18)20-13-14-7-6-12-23-11-5-4-10-17(14)23/h14,17H,1-13H2,(H,20,24)(H,21,22)/t14-,17+/m1/s1. The van der Waals surface area contributed by atoms with Gasteiger partial charge in [-0.05, 0) is 70.4 Å². The first kappa shape index (κ1) is 16.1. The zero-order valence-electron chi connectivity index (χ0n) is 14.6. The lowest BCUT2D eigenvalue weighted by atomic mass is 9.83. The van der Waals surface area contributed by atoms with E-state index in [0.29, 0.717) is 17.7 Å². The van der Waals surface area contributed by atoms with Crippen molar-refractivity contribution >= 4 is 5.91 Å². The molecule has 3 heterocycles. The van der Waals surface area contributed by atoms with E-state index in [1.165, 1.54) is 75.7 Å². The van der Waals surface area contributed by atoms with Crippen LogP contribution in [-0.4, -0.2) is 46.7 Å². The van der Waals surface area contributed by atoms with Crippen LogP contribution < -0.4 is 5.32 Å². The van der Waals surface area contributed by atoms with E-state index >= 15 is 0 Å². The minimum atomic E-state index is 0.0299. The number of piperidine rings is 2. The Bertz CT molecular complexity index is 580. The van der Waals surface area contributed by atoms with Gasteiger partial charge < -0.3 is 10.2 Å². The highest BCUT2D eigenvalue weighted by Gasteiger charge is 2.33. The number of aromatic amines is 1. The zero-order valence-corrected chi connectivity index (χ0v) is 14.6. The summed E-state index contributed by atoms with van der Waals surface area (Å²) in [5.41, 5.74) is 3.02. The normalized spacial score (nSPS) is 27.8. The highest BCUT2D eigenvalue weighted by molar-refractivity contribution is 5.94. The summed E-state index contributed by atoms with van der Waals surface area (Å²) >= 11 is 0. The van der Waals surface area contributed by atoms with Crippen molar-refractivity contribution in [2.75, 3.05) is 19.6 Å². The average Bonchev–Trinajstić information content (AvgIpc) is 2.88. The molecule has 4 rings (SSSR count). The van der Waals surface area contributed by atoms with Crippen molar-refractivity contribution in [1.29, 1.82) is 0 Å². The van der Waals surface area contributed by atoms with Gasteiger partial charge in [0, 0.05) is 23.8 Å². The van der Waals surface area contributed by atoms with Gasteiger partial charge in [0.2, 0.25) is 0 Å². The summed E-state index contributed by atoms with van der Waals surface area (Å²) in [5, 5.41) is 10.7. The van der Waals surface area contributed by atoms with Crippen LogP contribution in [-0.2, 0) is 12.8 Å². The van der Waals surface area contributed by atoms with Crippen molar-refractivity contribution in [3.63, 3.8) is 0 Å². The quantitative estimate of drug-likeness (QED) is 0.838. The van der Waals surface area contributed by atoms with Crippen LogP contribution >= 0.6 is 0 Å². The average molecular weight is 330 g/mol. The third-order valence-electron chi connectivity index (χ3n) is 6.27. The molecule has 0 saturated carbocycles. The molecule has 132 valence electrons. The molecule has 2 fully saturated rings. The third kappa shape index (κ3) is 3.23. The number of carbonyl (C=O) groups is 1. The van der Waals surface area contributed by atoms with Crippen molar-refractivity contribution < 1.29 is 4.79 Å². The molecule has 5 nitrogen and oxygen atoms in total. The molecule has 0 radical (unpaired) electrons. The predicted octanol–water partition coefficient (Wildman–Crippen LogP) is 2.67. The van der Waals surface area contributed by atoms with Crippen LogP contribution in [0.15, 0.2) is 0 Å². The minimum Gasteiger partial charge on any atom is -0.350 e. The summed E-state index contributed by atoms with van der Waals surface area (Å²) in [6.07, 6.45) is 12.2. The molecule has 1 amide bonds. The van der Waals surface area contributed by atoms with Gasteiger partial charge in [-0.25, -0.2) is 0 Å². The maximum absolute atomic E-state index is 12.7.